The molecule has 0 saturated heterocycles. The molecule has 1 atom stereocenters. The molecule has 1 N–H and O–H groups in total. The Balaban J connectivity index is 1.55. The van der Waals surface area contributed by atoms with E-state index in [9.17, 15) is 9.18 Å². The van der Waals surface area contributed by atoms with Gasteiger partial charge in [-0.25, -0.2) is 9.37 Å². The fraction of sp³-hybridized carbons (Fsp3) is 0.167. The lowest BCUT2D eigenvalue weighted by molar-refractivity contribution is 0.0935. The lowest BCUT2D eigenvalue weighted by Crippen LogP contribution is -2.28. The second-order valence-corrected chi connectivity index (χ2v) is 7.59. The molecular weight excluding hydrogens is 401 g/mol. The zero-order chi connectivity index (χ0) is 21.1. The van der Waals surface area contributed by atoms with Gasteiger partial charge < -0.3 is 9.88 Å². The number of hydrogen-bond acceptors (Lipinski definition) is 2. The standard InChI is InChI=1S/C24H21ClFN3O/c1-2-21(16-6-4-3-5-7-16)28-24(30)17-9-11-23-22(12-17)27-15-29(23)14-18-8-10-19(25)13-20(18)26/h3-13,15,21H,2,14H2,1H3,(H,28,30)/t21-/m1/s1. The molecular formula is C24H21ClFN3O. The highest BCUT2D eigenvalue weighted by molar-refractivity contribution is 6.30. The number of aromatic nitrogens is 2. The van der Waals surface area contributed by atoms with Gasteiger partial charge in [-0.2, -0.15) is 0 Å². The van der Waals surface area contributed by atoms with Crippen LogP contribution in [0.25, 0.3) is 11.0 Å². The minimum atomic E-state index is -0.355. The first-order valence-corrected chi connectivity index (χ1v) is 10.2. The third-order valence-corrected chi connectivity index (χ3v) is 5.39. The summed E-state index contributed by atoms with van der Waals surface area (Å²) in [5, 5.41) is 3.45. The van der Waals surface area contributed by atoms with Gasteiger partial charge in [0.15, 0.2) is 0 Å². The van der Waals surface area contributed by atoms with Gasteiger partial charge >= 0.3 is 0 Å². The molecule has 152 valence electrons. The summed E-state index contributed by atoms with van der Waals surface area (Å²) in [7, 11) is 0. The zero-order valence-corrected chi connectivity index (χ0v) is 17.2. The Hall–Kier alpha value is -3.18. The number of carbonyl (C=O) groups excluding carboxylic acids is 1. The molecule has 0 bridgehead atoms. The van der Waals surface area contributed by atoms with Crippen molar-refractivity contribution in [3.63, 3.8) is 0 Å². The lowest BCUT2D eigenvalue weighted by atomic mass is 10.0. The number of hydrogen-bond donors (Lipinski definition) is 1. The van der Waals surface area contributed by atoms with Gasteiger partial charge in [0.25, 0.3) is 5.91 Å². The molecule has 30 heavy (non-hydrogen) atoms. The molecule has 0 fully saturated rings. The Morgan fingerprint density at radius 2 is 1.93 bits per heavy atom. The normalized spacial score (nSPS) is 12.1. The number of nitrogens with zero attached hydrogens (tertiary/aromatic N) is 2. The van der Waals surface area contributed by atoms with Crippen LogP contribution in [0.1, 0.15) is 40.9 Å². The van der Waals surface area contributed by atoms with Crippen molar-refractivity contribution in [3.8, 4) is 0 Å². The largest absolute Gasteiger partial charge is 0.345 e. The molecule has 0 aliphatic heterocycles. The number of carbonyl (C=O) groups is 1. The summed E-state index contributed by atoms with van der Waals surface area (Å²) in [6, 6.07) is 19.9. The first-order valence-electron chi connectivity index (χ1n) is 9.79. The number of amides is 1. The van der Waals surface area contributed by atoms with Gasteiger partial charge in [-0.1, -0.05) is 54.9 Å². The Kier molecular flexibility index (Phi) is 5.81. The Labute approximate surface area is 179 Å². The second kappa shape index (κ2) is 8.67. The molecule has 4 nitrogen and oxygen atoms in total. The average molecular weight is 422 g/mol. The number of halogens is 2. The zero-order valence-electron chi connectivity index (χ0n) is 16.5. The number of fused-ring (bicyclic) bond motifs is 1. The predicted octanol–water partition coefficient (Wildman–Crippen LogP) is 5.76. The quantitative estimate of drug-likeness (QED) is 0.430. The monoisotopic (exact) mass is 421 g/mol. The first kappa shape index (κ1) is 20.1. The van der Waals surface area contributed by atoms with Crippen molar-refractivity contribution in [2.24, 2.45) is 0 Å². The van der Waals surface area contributed by atoms with E-state index >= 15 is 0 Å². The van der Waals surface area contributed by atoms with Crippen molar-refractivity contribution in [1.82, 2.24) is 14.9 Å². The summed E-state index contributed by atoms with van der Waals surface area (Å²) < 4.78 is 16.0. The van der Waals surface area contributed by atoms with Crippen molar-refractivity contribution in [2.45, 2.75) is 25.9 Å². The maximum absolute atomic E-state index is 14.1. The van der Waals surface area contributed by atoms with Crippen LogP contribution in [-0.4, -0.2) is 15.5 Å². The molecule has 1 heterocycles. The summed E-state index contributed by atoms with van der Waals surface area (Å²) in [5.74, 6) is -0.502. The topological polar surface area (TPSA) is 46.9 Å². The van der Waals surface area contributed by atoms with Crippen molar-refractivity contribution >= 4 is 28.5 Å². The van der Waals surface area contributed by atoms with E-state index in [0.717, 1.165) is 17.5 Å². The van der Waals surface area contributed by atoms with Crippen LogP contribution in [0.5, 0.6) is 0 Å². The number of rotatable bonds is 6. The molecule has 4 aromatic rings. The van der Waals surface area contributed by atoms with E-state index in [-0.39, 0.29) is 17.8 Å². The van der Waals surface area contributed by atoms with Gasteiger partial charge in [0.1, 0.15) is 5.82 Å². The molecule has 0 saturated carbocycles. The molecule has 0 spiro atoms. The summed E-state index contributed by atoms with van der Waals surface area (Å²) >= 11 is 5.83. The molecule has 1 aromatic heterocycles. The Morgan fingerprint density at radius 1 is 1.13 bits per heavy atom. The van der Waals surface area contributed by atoms with E-state index in [1.54, 1.807) is 30.6 Å². The Bertz CT molecular complexity index is 1190. The van der Waals surface area contributed by atoms with E-state index < -0.39 is 0 Å². The fourth-order valence-corrected chi connectivity index (χ4v) is 3.67. The lowest BCUT2D eigenvalue weighted by Gasteiger charge is -2.17. The molecule has 0 aliphatic rings. The minimum absolute atomic E-state index is 0.0557. The van der Waals surface area contributed by atoms with Crippen LogP contribution in [0.15, 0.2) is 73.1 Å². The van der Waals surface area contributed by atoms with Crippen molar-refractivity contribution in [3.05, 3.63) is 101 Å². The molecule has 0 unspecified atom stereocenters. The highest BCUT2D eigenvalue weighted by Gasteiger charge is 2.15. The fourth-order valence-electron chi connectivity index (χ4n) is 3.51. The van der Waals surface area contributed by atoms with Crippen LogP contribution in [0.3, 0.4) is 0 Å². The van der Waals surface area contributed by atoms with Crippen LogP contribution in [0.2, 0.25) is 5.02 Å². The van der Waals surface area contributed by atoms with E-state index in [4.69, 9.17) is 11.6 Å². The summed E-state index contributed by atoms with van der Waals surface area (Å²) in [5.41, 5.74) is 3.65. The third-order valence-electron chi connectivity index (χ3n) is 5.15. The van der Waals surface area contributed by atoms with E-state index in [1.807, 2.05) is 47.9 Å². The smallest absolute Gasteiger partial charge is 0.251 e. The molecule has 3 aromatic carbocycles. The van der Waals surface area contributed by atoms with Crippen molar-refractivity contribution in [1.29, 1.82) is 0 Å². The Morgan fingerprint density at radius 3 is 2.67 bits per heavy atom. The van der Waals surface area contributed by atoms with Gasteiger partial charge in [0, 0.05) is 16.1 Å². The second-order valence-electron chi connectivity index (χ2n) is 7.16. The van der Waals surface area contributed by atoms with Gasteiger partial charge in [-0.15, -0.1) is 0 Å². The van der Waals surface area contributed by atoms with Crippen LogP contribution >= 0.6 is 11.6 Å². The molecule has 4 rings (SSSR count). The van der Waals surface area contributed by atoms with Gasteiger partial charge in [-0.3, -0.25) is 4.79 Å². The van der Waals surface area contributed by atoms with Crippen molar-refractivity contribution < 1.29 is 9.18 Å². The van der Waals surface area contributed by atoms with Crippen LogP contribution in [-0.2, 0) is 6.54 Å². The van der Waals surface area contributed by atoms with E-state index in [1.165, 1.54) is 6.07 Å². The van der Waals surface area contributed by atoms with Crippen LogP contribution < -0.4 is 5.32 Å². The van der Waals surface area contributed by atoms with E-state index in [0.29, 0.717) is 28.2 Å². The highest BCUT2D eigenvalue weighted by atomic mass is 35.5. The highest BCUT2D eigenvalue weighted by Crippen LogP contribution is 2.21. The predicted molar refractivity (Wildman–Crippen MR) is 117 cm³/mol. The molecule has 0 aliphatic carbocycles. The van der Waals surface area contributed by atoms with Gasteiger partial charge in [-0.05, 0) is 42.3 Å². The SMILES string of the molecule is CC[C@@H](NC(=O)c1ccc2c(c1)ncn2Cc1ccc(Cl)cc1F)c1ccccc1. The summed E-state index contributed by atoms with van der Waals surface area (Å²) in [6.45, 7) is 2.37. The molecule has 6 heteroatoms. The van der Waals surface area contributed by atoms with Crippen LogP contribution in [0, 0.1) is 5.82 Å². The summed E-state index contributed by atoms with van der Waals surface area (Å²) in [6.07, 6.45) is 2.44. The maximum atomic E-state index is 14.1. The van der Waals surface area contributed by atoms with Gasteiger partial charge in [0.2, 0.25) is 0 Å². The number of nitrogens with one attached hydrogen (secondary N) is 1. The number of imidazole rings is 1. The van der Waals surface area contributed by atoms with Gasteiger partial charge in [0.05, 0.1) is 29.9 Å². The minimum Gasteiger partial charge on any atom is -0.345 e. The maximum Gasteiger partial charge on any atom is 0.251 e. The molecule has 0 radical (unpaired) electrons. The van der Waals surface area contributed by atoms with Crippen molar-refractivity contribution in [2.75, 3.05) is 0 Å². The number of benzene rings is 3. The van der Waals surface area contributed by atoms with E-state index in [2.05, 4.69) is 10.3 Å². The third kappa shape index (κ3) is 4.21. The first-order chi connectivity index (χ1) is 14.5. The molecule has 1 amide bonds. The van der Waals surface area contributed by atoms with Crippen LogP contribution in [0.4, 0.5) is 4.39 Å². The average Bonchev–Trinajstić information content (AvgIpc) is 3.16. The summed E-state index contributed by atoms with van der Waals surface area (Å²) in [4.78, 5) is 17.2.